The summed E-state index contributed by atoms with van der Waals surface area (Å²) < 4.78 is 7.15. The van der Waals surface area contributed by atoms with Crippen molar-refractivity contribution in [2.75, 3.05) is 20.2 Å². The van der Waals surface area contributed by atoms with Crippen LogP contribution >= 0.6 is 0 Å². The standard InChI is InChI=1S/C24H27N3O2/c1-26-15-21(23(25-26)18-8-4-3-5-9-18)17-27-13-7-11-20(16-27)24(28)19-10-6-12-22(14-19)29-2/h3-6,8-10,12,14-15,20H,7,11,13,16-17H2,1-2H3. The maximum Gasteiger partial charge on any atom is 0.167 e. The largest absolute Gasteiger partial charge is 0.497 e. The molecule has 1 unspecified atom stereocenters. The zero-order valence-electron chi connectivity index (χ0n) is 17.0. The van der Waals surface area contributed by atoms with Crippen molar-refractivity contribution in [3.05, 3.63) is 71.9 Å². The van der Waals surface area contributed by atoms with Gasteiger partial charge in [0.05, 0.1) is 12.8 Å². The van der Waals surface area contributed by atoms with E-state index in [2.05, 4.69) is 28.3 Å². The Kier molecular flexibility index (Phi) is 5.76. The molecule has 0 saturated carbocycles. The first-order valence-electron chi connectivity index (χ1n) is 10.1. The minimum atomic E-state index is 0.0210. The molecule has 5 nitrogen and oxygen atoms in total. The van der Waals surface area contributed by atoms with Gasteiger partial charge in [0.15, 0.2) is 5.78 Å². The van der Waals surface area contributed by atoms with E-state index in [1.165, 1.54) is 5.56 Å². The Hall–Kier alpha value is -2.92. The Labute approximate surface area is 171 Å². The van der Waals surface area contributed by atoms with Crippen LogP contribution in [0, 0.1) is 5.92 Å². The van der Waals surface area contributed by atoms with E-state index in [9.17, 15) is 4.79 Å². The van der Waals surface area contributed by atoms with Crippen molar-refractivity contribution < 1.29 is 9.53 Å². The SMILES string of the molecule is COc1cccc(C(=O)C2CCCN(Cc3cn(C)nc3-c3ccccc3)C2)c1. The molecule has 0 radical (unpaired) electrons. The molecule has 2 aromatic carbocycles. The summed E-state index contributed by atoms with van der Waals surface area (Å²) in [4.78, 5) is 15.4. The number of Topliss-reactive ketones (excluding diaryl/α,β-unsaturated/α-hetero) is 1. The highest BCUT2D eigenvalue weighted by atomic mass is 16.5. The van der Waals surface area contributed by atoms with Crippen molar-refractivity contribution in [2.45, 2.75) is 19.4 Å². The third kappa shape index (κ3) is 4.40. The van der Waals surface area contributed by atoms with Crippen molar-refractivity contribution in [1.82, 2.24) is 14.7 Å². The number of likely N-dealkylation sites (tertiary alicyclic amines) is 1. The summed E-state index contributed by atoms with van der Waals surface area (Å²) in [5.41, 5.74) is 4.09. The first kappa shape index (κ1) is 19.4. The summed E-state index contributed by atoms with van der Waals surface area (Å²) in [6, 6.07) is 17.8. The van der Waals surface area contributed by atoms with Gasteiger partial charge in [-0.15, -0.1) is 0 Å². The van der Waals surface area contributed by atoms with Gasteiger partial charge in [0.2, 0.25) is 0 Å². The number of nitrogens with zero attached hydrogens (tertiary/aromatic N) is 3. The molecule has 0 spiro atoms. The number of piperidine rings is 1. The van der Waals surface area contributed by atoms with Crippen LogP contribution in [0.3, 0.4) is 0 Å². The quantitative estimate of drug-likeness (QED) is 0.593. The minimum Gasteiger partial charge on any atom is -0.497 e. The van der Waals surface area contributed by atoms with Crippen LogP contribution in [-0.4, -0.2) is 40.7 Å². The molecule has 3 aromatic rings. The van der Waals surface area contributed by atoms with E-state index in [1.807, 2.05) is 54.2 Å². The van der Waals surface area contributed by atoms with Crippen molar-refractivity contribution in [3.8, 4) is 17.0 Å². The molecule has 150 valence electrons. The molecule has 1 aliphatic rings. The number of aryl methyl sites for hydroxylation is 1. The lowest BCUT2D eigenvalue weighted by Crippen LogP contribution is -2.38. The number of rotatable bonds is 6. The highest BCUT2D eigenvalue weighted by molar-refractivity contribution is 5.98. The van der Waals surface area contributed by atoms with Crippen LogP contribution < -0.4 is 4.74 Å². The van der Waals surface area contributed by atoms with Crippen LogP contribution in [0.1, 0.15) is 28.8 Å². The van der Waals surface area contributed by atoms with Crippen LogP contribution in [0.25, 0.3) is 11.3 Å². The van der Waals surface area contributed by atoms with Crippen LogP contribution in [0.5, 0.6) is 5.75 Å². The number of carbonyl (C=O) groups is 1. The number of aromatic nitrogens is 2. The molecule has 1 aliphatic heterocycles. The van der Waals surface area contributed by atoms with Gasteiger partial charge in [-0.05, 0) is 31.5 Å². The first-order chi connectivity index (χ1) is 14.1. The zero-order chi connectivity index (χ0) is 20.2. The van der Waals surface area contributed by atoms with E-state index in [1.54, 1.807) is 7.11 Å². The van der Waals surface area contributed by atoms with E-state index < -0.39 is 0 Å². The molecule has 4 rings (SSSR count). The van der Waals surface area contributed by atoms with Crippen LogP contribution in [-0.2, 0) is 13.6 Å². The lowest BCUT2D eigenvalue weighted by Gasteiger charge is -2.32. The first-order valence-corrected chi connectivity index (χ1v) is 10.1. The number of carbonyl (C=O) groups excluding carboxylic acids is 1. The second-order valence-electron chi connectivity index (χ2n) is 7.71. The fraction of sp³-hybridized carbons (Fsp3) is 0.333. The molecule has 5 heteroatoms. The lowest BCUT2D eigenvalue weighted by molar-refractivity contribution is 0.0811. The van der Waals surface area contributed by atoms with Crippen LogP contribution in [0.15, 0.2) is 60.8 Å². The summed E-state index contributed by atoms with van der Waals surface area (Å²) in [7, 11) is 3.59. The van der Waals surface area contributed by atoms with E-state index in [0.717, 1.165) is 55.0 Å². The predicted octanol–water partition coefficient (Wildman–Crippen LogP) is 4.19. The van der Waals surface area contributed by atoms with E-state index in [4.69, 9.17) is 4.74 Å². The highest BCUT2D eigenvalue weighted by Gasteiger charge is 2.27. The summed E-state index contributed by atoms with van der Waals surface area (Å²) in [6.45, 7) is 2.59. The van der Waals surface area contributed by atoms with Crippen molar-refractivity contribution in [1.29, 1.82) is 0 Å². The van der Waals surface area contributed by atoms with Gasteiger partial charge in [-0.1, -0.05) is 42.5 Å². The van der Waals surface area contributed by atoms with Crippen molar-refractivity contribution in [3.63, 3.8) is 0 Å². The topological polar surface area (TPSA) is 47.4 Å². The predicted molar refractivity (Wildman–Crippen MR) is 114 cm³/mol. The Balaban J connectivity index is 1.49. The van der Waals surface area contributed by atoms with Gasteiger partial charge in [-0.3, -0.25) is 14.4 Å². The van der Waals surface area contributed by atoms with E-state index in [-0.39, 0.29) is 11.7 Å². The molecule has 0 aliphatic carbocycles. The van der Waals surface area contributed by atoms with Gasteiger partial charge in [-0.2, -0.15) is 5.10 Å². The van der Waals surface area contributed by atoms with Gasteiger partial charge in [-0.25, -0.2) is 0 Å². The number of methoxy groups -OCH3 is 1. The summed E-state index contributed by atoms with van der Waals surface area (Å²) >= 11 is 0. The maximum absolute atomic E-state index is 13.1. The summed E-state index contributed by atoms with van der Waals surface area (Å²) in [6.07, 6.45) is 4.06. The van der Waals surface area contributed by atoms with Crippen molar-refractivity contribution in [2.24, 2.45) is 13.0 Å². The molecule has 29 heavy (non-hydrogen) atoms. The molecule has 1 saturated heterocycles. The van der Waals surface area contributed by atoms with Gasteiger partial charge in [0, 0.05) is 48.9 Å². The van der Waals surface area contributed by atoms with Gasteiger partial charge in [0.25, 0.3) is 0 Å². The number of ketones is 1. The normalized spacial score (nSPS) is 17.2. The third-order valence-electron chi connectivity index (χ3n) is 5.58. The van der Waals surface area contributed by atoms with Gasteiger partial charge < -0.3 is 4.74 Å². The number of hydrogen-bond donors (Lipinski definition) is 0. The molecule has 1 fully saturated rings. The molecule has 1 aromatic heterocycles. The smallest absolute Gasteiger partial charge is 0.167 e. The molecule has 0 bridgehead atoms. The highest BCUT2D eigenvalue weighted by Crippen LogP contribution is 2.27. The van der Waals surface area contributed by atoms with E-state index >= 15 is 0 Å². The third-order valence-corrected chi connectivity index (χ3v) is 5.58. The van der Waals surface area contributed by atoms with Gasteiger partial charge in [0.1, 0.15) is 5.75 Å². The number of benzene rings is 2. The molecule has 0 amide bonds. The second kappa shape index (κ2) is 8.62. The van der Waals surface area contributed by atoms with Crippen LogP contribution in [0.2, 0.25) is 0 Å². The zero-order valence-corrected chi connectivity index (χ0v) is 17.0. The Morgan fingerprint density at radius 1 is 1.17 bits per heavy atom. The molecular formula is C24H27N3O2. The Morgan fingerprint density at radius 3 is 2.79 bits per heavy atom. The molecule has 1 atom stereocenters. The van der Waals surface area contributed by atoms with Gasteiger partial charge >= 0.3 is 0 Å². The summed E-state index contributed by atoms with van der Waals surface area (Å²) in [5.74, 6) is 0.960. The average molecular weight is 389 g/mol. The minimum absolute atomic E-state index is 0.0210. The summed E-state index contributed by atoms with van der Waals surface area (Å²) in [5, 5.41) is 4.68. The Morgan fingerprint density at radius 2 is 2.00 bits per heavy atom. The number of hydrogen-bond acceptors (Lipinski definition) is 4. The average Bonchev–Trinajstić information content (AvgIpc) is 3.14. The molecule has 2 heterocycles. The fourth-order valence-electron chi connectivity index (χ4n) is 4.16. The van der Waals surface area contributed by atoms with Crippen LogP contribution in [0.4, 0.5) is 0 Å². The molecular weight excluding hydrogens is 362 g/mol. The second-order valence-corrected chi connectivity index (χ2v) is 7.71. The number of ether oxygens (including phenoxy) is 1. The van der Waals surface area contributed by atoms with Crippen molar-refractivity contribution >= 4 is 5.78 Å². The maximum atomic E-state index is 13.1. The fourth-order valence-corrected chi connectivity index (χ4v) is 4.16. The van der Waals surface area contributed by atoms with E-state index in [0.29, 0.717) is 0 Å². The Bertz CT molecular complexity index is 981. The monoisotopic (exact) mass is 389 g/mol. The molecule has 0 N–H and O–H groups in total. The lowest BCUT2D eigenvalue weighted by atomic mass is 9.89.